The van der Waals surface area contributed by atoms with E-state index in [0.717, 1.165) is 54.2 Å². The van der Waals surface area contributed by atoms with Gasteiger partial charge in [-0.15, -0.1) is 0 Å². The van der Waals surface area contributed by atoms with Crippen LogP contribution in [0.15, 0.2) is 53.3 Å². The molecule has 0 amide bonds. The van der Waals surface area contributed by atoms with Crippen LogP contribution in [0.2, 0.25) is 0 Å². The van der Waals surface area contributed by atoms with Gasteiger partial charge in [-0.1, -0.05) is 0 Å². The number of hydrogen-bond donors (Lipinski definition) is 0. The fourth-order valence-corrected chi connectivity index (χ4v) is 3.84. The molecule has 29 heavy (non-hydrogen) atoms. The van der Waals surface area contributed by atoms with Crippen LogP contribution >= 0.6 is 0 Å². The lowest BCUT2D eigenvalue weighted by Crippen LogP contribution is -2.36. The number of aryl methyl sites for hydroxylation is 1. The molecule has 0 saturated carbocycles. The lowest BCUT2D eigenvalue weighted by Gasteiger charge is -2.29. The van der Waals surface area contributed by atoms with E-state index in [2.05, 4.69) is 34.1 Å². The lowest BCUT2D eigenvalue weighted by molar-refractivity contribution is 0.122. The Hall–Kier alpha value is -2.99. The first-order chi connectivity index (χ1) is 14.1. The maximum atomic E-state index is 12.9. The largest absolute Gasteiger partial charge is 0.497 e. The summed E-state index contributed by atoms with van der Waals surface area (Å²) in [4.78, 5) is 17.3. The minimum atomic E-state index is 0.0162. The van der Waals surface area contributed by atoms with Gasteiger partial charge in [0.25, 0.3) is 5.56 Å². The summed E-state index contributed by atoms with van der Waals surface area (Å²) in [5.74, 6) is 0.748. The molecule has 1 aliphatic heterocycles. The second-order valence-electron chi connectivity index (χ2n) is 7.43. The van der Waals surface area contributed by atoms with Crippen molar-refractivity contribution in [3.8, 4) is 5.75 Å². The maximum Gasteiger partial charge on any atom is 0.255 e. The second kappa shape index (κ2) is 8.17. The van der Waals surface area contributed by atoms with Crippen LogP contribution in [-0.4, -0.2) is 45.0 Å². The van der Waals surface area contributed by atoms with Crippen molar-refractivity contribution in [2.24, 2.45) is 7.05 Å². The van der Waals surface area contributed by atoms with E-state index < -0.39 is 0 Å². The van der Waals surface area contributed by atoms with Crippen LogP contribution in [-0.2, 0) is 18.3 Å². The van der Waals surface area contributed by atoms with Gasteiger partial charge in [-0.25, -0.2) is 0 Å². The number of rotatable bonds is 5. The number of anilines is 2. The van der Waals surface area contributed by atoms with Crippen LogP contribution in [0.5, 0.6) is 5.75 Å². The topological polar surface area (TPSA) is 46.9 Å². The Morgan fingerprint density at radius 1 is 1.07 bits per heavy atom. The average Bonchev–Trinajstić information content (AvgIpc) is 2.77. The van der Waals surface area contributed by atoms with Gasteiger partial charge in [-0.05, 0) is 47.9 Å². The quantitative estimate of drug-likeness (QED) is 0.667. The van der Waals surface area contributed by atoms with Gasteiger partial charge in [0.1, 0.15) is 5.75 Å². The summed E-state index contributed by atoms with van der Waals surface area (Å²) in [6.45, 7) is 3.95. The van der Waals surface area contributed by atoms with Gasteiger partial charge < -0.3 is 23.8 Å². The van der Waals surface area contributed by atoms with Crippen LogP contribution in [0.1, 0.15) is 5.56 Å². The zero-order valence-electron chi connectivity index (χ0n) is 17.2. The molecule has 1 aromatic heterocycles. The van der Waals surface area contributed by atoms with E-state index in [9.17, 15) is 4.79 Å². The van der Waals surface area contributed by atoms with Crippen molar-refractivity contribution >= 4 is 22.3 Å². The van der Waals surface area contributed by atoms with E-state index in [1.165, 1.54) is 5.69 Å². The van der Waals surface area contributed by atoms with Crippen molar-refractivity contribution in [1.29, 1.82) is 0 Å². The Morgan fingerprint density at radius 2 is 1.79 bits per heavy atom. The zero-order valence-corrected chi connectivity index (χ0v) is 17.2. The summed E-state index contributed by atoms with van der Waals surface area (Å²) in [6, 6.07) is 16.3. The first kappa shape index (κ1) is 19.3. The van der Waals surface area contributed by atoms with Gasteiger partial charge in [0.05, 0.1) is 25.8 Å². The number of nitrogens with zero attached hydrogens (tertiary/aromatic N) is 3. The predicted octanol–water partition coefficient (Wildman–Crippen LogP) is 3.02. The molecule has 0 atom stereocenters. The highest BCUT2D eigenvalue weighted by Gasteiger charge is 2.13. The molecule has 2 heterocycles. The third-order valence-corrected chi connectivity index (χ3v) is 5.58. The molecule has 0 spiro atoms. The monoisotopic (exact) mass is 393 g/mol. The molecule has 0 radical (unpaired) electrons. The molecule has 1 fully saturated rings. The molecule has 0 unspecified atom stereocenters. The molecule has 6 nitrogen and oxygen atoms in total. The van der Waals surface area contributed by atoms with Crippen molar-refractivity contribution in [3.05, 3.63) is 64.4 Å². The molecule has 0 N–H and O–H groups in total. The van der Waals surface area contributed by atoms with Crippen molar-refractivity contribution in [3.63, 3.8) is 0 Å². The van der Waals surface area contributed by atoms with Gasteiger partial charge in [0, 0.05) is 56.7 Å². The Bertz CT molecular complexity index is 1050. The van der Waals surface area contributed by atoms with Crippen molar-refractivity contribution in [2.75, 3.05) is 50.3 Å². The van der Waals surface area contributed by atoms with Crippen molar-refractivity contribution < 1.29 is 9.47 Å². The van der Waals surface area contributed by atoms with Crippen molar-refractivity contribution in [2.45, 2.75) is 6.54 Å². The average molecular weight is 393 g/mol. The Morgan fingerprint density at radius 3 is 2.48 bits per heavy atom. The molecule has 3 aromatic rings. The van der Waals surface area contributed by atoms with Crippen molar-refractivity contribution in [1.82, 2.24) is 4.57 Å². The van der Waals surface area contributed by atoms with Crippen LogP contribution in [0, 0.1) is 0 Å². The van der Waals surface area contributed by atoms with E-state index >= 15 is 0 Å². The summed E-state index contributed by atoms with van der Waals surface area (Å²) in [5.41, 5.74) is 3.95. The number of ether oxygens (including phenoxy) is 2. The molecule has 4 rings (SSSR count). The lowest BCUT2D eigenvalue weighted by atomic mass is 10.1. The summed E-state index contributed by atoms with van der Waals surface area (Å²) in [5, 5.41) is 1.03. The van der Waals surface area contributed by atoms with E-state index in [-0.39, 0.29) is 5.56 Å². The number of morpholine rings is 1. The third-order valence-electron chi connectivity index (χ3n) is 5.58. The zero-order chi connectivity index (χ0) is 20.4. The first-order valence-electron chi connectivity index (χ1n) is 9.87. The van der Waals surface area contributed by atoms with Crippen LogP contribution in [0.4, 0.5) is 11.4 Å². The number of pyridine rings is 1. The highest BCUT2D eigenvalue weighted by Crippen LogP contribution is 2.23. The van der Waals surface area contributed by atoms with E-state index in [1.807, 2.05) is 38.4 Å². The molecule has 6 heteroatoms. The Labute approximate surface area is 170 Å². The van der Waals surface area contributed by atoms with Gasteiger partial charge in [-0.3, -0.25) is 4.79 Å². The summed E-state index contributed by atoms with van der Waals surface area (Å²) < 4.78 is 12.4. The molecule has 0 bridgehead atoms. The number of hydrogen-bond acceptors (Lipinski definition) is 5. The standard InChI is InChI=1S/C23H27N3O3/c1-24(19-5-7-20(8-6-19)26-10-12-29-13-11-26)16-18-14-17-4-9-21(28-3)15-22(17)25(2)23(18)27/h4-9,14-15H,10-13,16H2,1-3H3. The Kier molecular flexibility index (Phi) is 5.45. The smallest absolute Gasteiger partial charge is 0.255 e. The normalized spacial score (nSPS) is 14.2. The maximum absolute atomic E-state index is 12.9. The summed E-state index contributed by atoms with van der Waals surface area (Å²) in [7, 11) is 5.46. The van der Waals surface area contributed by atoms with Gasteiger partial charge in [0.15, 0.2) is 0 Å². The molecule has 1 saturated heterocycles. The number of aromatic nitrogens is 1. The first-order valence-corrected chi connectivity index (χ1v) is 9.87. The van der Waals surface area contributed by atoms with Gasteiger partial charge in [0.2, 0.25) is 0 Å². The molecule has 1 aliphatic rings. The molecule has 0 aliphatic carbocycles. The highest BCUT2D eigenvalue weighted by atomic mass is 16.5. The SMILES string of the molecule is COc1ccc2cc(CN(C)c3ccc(N4CCOCC4)cc3)c(=O)n(C)c2c1. The molecule has 152 valence electrons. The van der Waals surface area contributed by atoms with Gasteiger partial charge >= 0.3 is 0 Å². The fraction of sp³-hybridized carbons (Fsp3) is 0.348. The van der Waals surface area contributed by atoms with E-state index in [0.29, 0.717) is 6.54 Å². The second-order valence-corrected chi connectivity index (χ2v) is 7.43. The van der Waals surface area contributed by atoms with E-state index in [4.69, 9.17) is 9.47 Å². The highest BCUT2D eigenvalue weighted by molar-refractivity contribution is 5.81. The van der Waals surface area contributed by atoms with Crippen LogP contribution in [0.25, 0.3) is 10.9 Å². The van der Waals surface area contributed by atoms with Crippen LogP contribution < -0.4 is 20.1 Å². The molecular formula is C23H27N3O3. The van der Waals surface area contributed by atoms with Crippen LogP contribution in [0.3, 0.4) is 0 Å². The Balaban J connectivity index is 1.56. The molecular weight excluding hydrogens is 366 g/mol. The number of fused-ring (bicyclic) bond motifs is 1. The predicted molar refractivity (Wildman–Crippen MR) is 117 cm³/mol. The summed E-state index contributed by atoms with van der Waals surface area (Å²) in [6.07, 6.45) is 0. The fourth-order valence-electron chi connectivity index (χ4n) is 3.84. The minimum Gasteiger partial charge on any atom is -0.497 e. The summed E-state index contributed by atoms with van der Waals surface area (Å²) >= 11 is 0. The number of methoxy groups -OCH3 is 1. The van der Waals surface area contributed by atoms with E-state index in [1.54, 1.807) is 11.7 Å². The molecule has 2 aromatic carbocycles. The number of benzene rings is 2. The van der Waals surface area contributed by atoms with Gasteiger partial charge in [-0.2, -0.15) is 0 Å². The minimum absolute atomic E-state index is 0.0162. The third kappa shape index (κ3) is 3.93.